The average molecular weight is 554 g/mol. The summed E-state index contributed by atoms with van der Waals surface area (Å²) in [7, 11) is -4.52. The second-order valence-corrected chi connectivity index (χ2v) is 11.2. The van der Waals surface area contributed by atoms with E-state index in [-0.39, 0.29) is 29.1 Å². The van der Waals surface area contributed by atoms with Crippen LogP contribution in [0.3, 0.4) is 0 Å². The Morgan fingerprint density at radius 1 is 1.03 bits per heavy atom. The number of halogens is 2. The highest BCUT2D eigenvalue weighted by atomic mass is 32.2. The van der Waals surface area contributed by atoms with Gasteiger partial charge in [-0.1, -0.05) is 32.4 Å². The number of hydrogen-bond acceptors (Lipinski definition) is 6. The SMILES string of the molecule is CCCCc1nc(=O)c(S(=O)(=O)c2ccc(-c3ccncc3C)cc2)c(O)n1[C@@H](CC)c1cc(F)cc(F)c1. The molecule has 0 amide bonds. The molecule has 0 bridgehead atoms. The number of pyridine rings is 1. The van der Waals surface area contributed by atoms with Gasteiger partial charge in [-0.3, -0.25) is 14.3 Å². The number of benzene rings is 2. The Labute approximate surface area is 225 Å². The fourth-order valence-electron chi connectivity index (χ4n) is 4.69. The topological polar surface area (TPSA) is 102 Å². The zero-order chi connectivity index (χ0) is 28.3. The first kappa shape index (κ1) is 28.1. The van der Waals surface area contributed by atoms with Gasteiger partial charge in [-0.2, -0.15) is 4.98 Å². The number of unbranched alkanes of at least 4 members (excludes halogenated alkanes) is 1. The van der Waals surface area contributed by atoms with Crippen LogP contribution in [-0.2, 0) is 16.3 Å². The Morgan fingerprint density at radius 2 is 1.69 bits per heavy atom. The van der Waals surface area contributed by atoms with Gasteiger partial charge in [0.05, 0.1) is 10.9 Å². The summed E-state index contributed by atoms with van der Waals surface area (Å²) >= 11 is 0. The normalized spacial score (nSPS) is 12.4. The summed E-state index contributed by atoms with van der Waals surface area (Å²) in [6.07, 6.45) is 5.16. The lowest BCUT2D eigenvalue weighted by atomic mass is 10.0. The Balaban J connectivity index is 1.89. The van der Waals surface area contributed by atoms with Gasteiger partial charge in [0.25, 0.3) is 5.56 Å². The van der Waals surface area contributed by atoms with Crippen molar-refractivity contribution in [2.45, 2.75) is 62.3 Å². The number of sulfone groups is 1. The molecule has 39 heavy (non-hydrogen) atoms. The zero-order valence-corrected chi connectivity index (χ0v) is 22.7. The van der Waals surface area contributed by atoms with E-state index in [1.54, 1.807) is 31.5 Å². The van der Waals surface area contributed by atoms with Crippen LogP contribution in [-0.4, -0.2) is 28.1 Å². The first-order valence-corrected chi connectivity index (χ1v) is 14.1. The number of aromatic hydroxyl groups is 1. The lowest BCUT2D eigenvalue weighted by Gasteiger charge is -2.25. The molecule has 0 radical (unpaired) electrons. The zero-order valence-electron chi connectivity index (χ0n) is 21.9. The molecule has 2 aromatic carbocycles. The molecule has 0 spiro atoms. The van der Waals surface area contributed by atoms with Gasteiger partial charge in [0.15, 0.2) is 4.90 Å². The maximum Gasteiger partial charge on any atom is 0.296 e. The van der Waals surface area contributed by atoms with Crippen molar-refractivity contribution in [2.75, 3.05) is 0 Å². The van der Waals surface area contributed by atoms with Crippen molar-refractivity contribution in [1.29, 1.82) is 0 Å². The Morgan fingerprint density at radius 3 is 2.28 bits per heavy atom. The molecule has 2 heterocycles. The van der Waals surface area contributed by atoms with Gasteiger partial charge in [-0.25, -0.2) is 17.2 Å². The van der Waals surface area contributed by atoms with Gasteiger partial charge in [-0.05, 0) is 72.4 Å². The lowest BCUT2D eigenvalue weighted by Crippen LogP contribution is -2.27. The Bertz CT molecular complexity index is 1650. The molecule has 0 saturated carbocycles. The maximum atomic E-state index is 14.1. The molecule has 204 valence electrons. The monoisotopic (exact) mass is 553 g/mol. The summed E-state index contributed by atoms with van der Waals surface area (Å²) in [6.45, 7) is 5.54. The third kappa shape index (κ3) is 5.61. The molecule has 0 aliphatic rings. The van der Waals surface area contributed by atoms with Gasteiger partial charge in [-0.15, -0.1) is 0 Å². The standard InChI is InChI=1S/C29H29F2N3O4S/c1-4-6-7-26-33-28(35)27(29(36)34(26)25(5-2)20-14-21(30)16-22(31)15-20)39(37,38)23-10-8-19(9-11-23)24-12-13-32-17-18(24)3/h8-17,25,36H,4-7H2,1-3H3/t25-/m0/s1. The van der Waals surface area contributed by atoms with Crippen LogP contribution in [0.1, 0.15) is 56.1 Å². The maximum absolute atomic E-state index is 14.1. The van der Waals surface area contributed by atoms with Gasteiger partial charge < -0.3 is 5.11 Å². The molecular weight excluding hydrogens is 524 g/mol. The number of nitrogens with zero attached hydrogens (tertiary/aromatic N) is 3. The van der Waals surface area contributed by atoms with Crippen molar-refractivity contribution < 1.29 is 22.3 Å². The van der Waals surface area contributed by atoms with E-state index < -0.39 is 43.8 Å². The Hall–Kier alpha value is -3.92. The molecule has 2 aromatic heterocycles. The highest BCUT2D eigenvalue weighted by molar-refractivity contribution is 7.91. The summed E-state index contributed by atoms with van der Waals surface area (Å²) < 4.78 is 56.8. The van der Waals surface area contributed by atoms with Crippen LogP contribution < -0.4 is 5.56 Å². The van der Waals surface area contributed by atoms with E-state index in [4.69, 9.17) is 0 Å². The molecule has 0 aliphatic heterocycles. The molecule has 10 heteroatoms. The van der Waals surface area contributed by atoms with E-state index in [1.807, 2.05) is 19.9 Å². The summed E-state index contributed by atoms with van der Waals surface area (Å²) in [4.78, 5) is 20.1. The average Bonchev–Trinajstić information content (AvgIpc) is 2.89. The Kier molecular flexibility index (Phi) is 8.25. The minimum Gasteiger partial charge on any atom is -0.493 e. The molecule has 7 nitrogen and oxygen atoms in total. The number of rotatable bonds is 9. The van der Waals surface area contributed by atoms with E-state index in [2.05, 4.69) is 9.97 Å². The summed E-state index contributed by atoms with van der Waals surface area (Å²) in [5.41, 5.74) is 1.61. The number of aromatic nitrogens is 3. The van der Waals surface area contributed by atoms with Crippen molar-refractivity contribution in [3.8, 4) is 17.0 Å². The molecule has 0 aliphatic carbocycles. The summed E-state index contributed by atoms with van der Waals surface area (Å²) in [6, 6.07) is 9.83. The van der Waals surface area contributed by atoms with Gasteiger partial charge in [0.1, 0.15) is 17.5 Å². The van der Waals surface area contributed by atoms with Crippen LogP contribution in [0.2, 0.25) is 0 Å². The van der Waals surface area contributed by atoms with E-state index in [9.17, 15) is 27.1 Å². The van der Waals surface area contributed by atoms with Crippen LogP contribution >= 0.6 is 0 Å². The third-order valence-corrected chi connectivity index (χ3v) is 8.41. The van der Waals surface area contributed by atoms with Crippen molar-refractivity contribution in [1.82, 2.24) is 14.5 Å². The van der Waals surface area contributed by atoms with Crippen LogP contribution in [0.5, 0.6) is 5.88 Å². The predicted octanol–water partition coefficient (Wildman–Crippen LogP) is 5.77. The van der Waals surface area contributed by atoms with E-state index >= 15 is 0 Å². The number of hydrogen-bond donors (Lipinski definition) is 1. The van der Waals surface area contributed by atoms with E-state index in [0.717, 1.165) is 41.3 Å². The van der Waals surface area contributed by atoms with Gasteiger partial charge in [0, 0.05) is 24.9 Å². The first-order valence-electron chi connectivity index (χ1n) is 12.6. The predicted molar refractivity (Wildman–Crippen MR) is 143 cm³/mol. The second kappa shape index (κ2) is 11.4. The van der Waals surface area contributed by atoms with E-state index in [1.165, 1.54) is 16.7 Å². The van der Waals surface area contributed by atoms with Gasteiger partial charge in [0.2, 0.25) is 15.7 Å². The van der Waals surface area contributed by atoms with Crippen LogP contribution in [0.15, 0.2) is 75.5 Å². The molecule has 1 atom stereocenters. The quantitative estimate of drug-likeness (QED) is 0.282. The summed E-state index contributed by atoms with van der Waals surface area (Å²) in [5, 5.41) is 11.4. The van der Waals surface area contributed by atoms with Crippen molar-refractivity contribution in [2.24, 2.45) is 0 Å². The van der Waals surface area contributed by atoms with E-state index in [0.29, 0.717) is 6.42 Å². The fourth-order valence-corrected chi connectivity index (χ4v) is 6.03. The molecule has 0 saturated heterocycles. The largest absolute Gasteiger partial charge is 0.493 e. The molecular formula is C29H29F2N3O4S. The van der Waals surface area contributed by atoms with Crippen molar-refractivity contribution in [3.05, 3.63) is 99.9 Å². The molecule has 4 aromatic rings. The van der Waals surface area contributed by atoms with Crippen LogP contribution in [0.25, 0.3) is 11.1 Å². The lowest BCUT2D eigenvalue weighted by molar-refractivity contribution is 0.357. The number of aryl methyl sites for hydroxylation is 2. The highest BCUT2D eigenvalue weighted by Gasteiger charge is 2.32. The molecule has 1 N–H and O–H groups in total. The minimum atomic E-state index is -4.52. The smallest absolute Gasteiger partial charge is 0.296 e. The van der Waals surface area contributed by atoms with Crippen molar-refractivity contribution in [3.63, 3.8) is 0 Å². The minimum absolute atomic E-state index is 0.137. The van der Waals surface area contributed by atoms with Crippen LogP contribution in [0, 0.1) is 18.6 Å². The second-order valence-electron chi connectivity index (χ2n) is 9.30. The van der Waals surface area contributed by atoms with Gasteiger partial charge >= 0.3 is 0 Å². The third-order valence-electron chi connectivity index (χ3n) is 6.62. The highest BCUT2D eigenvalue weighted by Crippen LogP contribution is 2.34. The molecule has 4 rings (SSSR count). The fraction of sp³-hybridized carbons (Fsp3) is 0.276. The molecule has 0 unspecified atom stereocenters. The van der Waals surface area contributed by atoms with Crippen LogP contribution in [0.4, 0.5) is 8.78 Å². The molecule has 0 fully saturated rings. The summed E-state index contributed by atoms with van der Waals surface area (Å²) in [5.74, 6) is -2.31. The first-order chi connectivity index (χ1) is 18.6. The van der Waals surface area contributed by atoms with Crippen molar-refractivity contribution >= 4 is 9.84 Å².